The molecule has 3 nitrogen and oxygen atoms in total. The minimum Gasteiger partial charge on any atom is -0.396 e. The summed E-state index contributed by atoms with van der Waals surface area (Å²) in [6.45, 7) is 3.67. The van der Waals surface area contributed by atoms with E-state index in [-0.39, 0.29) is 18.0 Å². The van der Waals surface area contributed by atoms with Crippen LogP contribution in [0.25, 0.3) is 0 Å². The van der Waals surface area contributed by atoms with Crippen molar-refractivity contribution in [2.45, 2.75) is 38.1 Å². The topological polar surface area (TPSA) is 58.3 Å². The smallest absolute Gasteiger partial charge is 0.123 e. The number of unbranched alkanes of at least 4 members (excludes halogenated alkanes) is 2. The van der Waals surface area contributed by atoms with Crippen LogP contribution in [0.5, 0.6) is 0 Å². The van der Waals surface area contributed by atoms with Crippen molar-refractivity contribution in [2.75, 3.05) is 19.7 Å². The molecule has 1 aromatic carbocycles. The van der Waals surface area contributed by atoms with Crippen LogP contribution >= 0.6 is 0 Å². The summed E-state index contributed by atoms with van der Waals surface area (Å²) in [5.74, 6) is -0.209. The first-order valence-electron chi connectivity index (χ1n) is 6.90. The van der Waals surface area contributed by atoms with E-state index in [0.29, 0.717) is 13.0 Å². The monoisotopic (exact) mass is 268 g/mol. The van der Waals surface area contributed by atoms with Gasteiger partial charge >= 0.3 is 0 Å². The molecule has 1 unspecified atom stereocenters. The molecule has 1 rings (SSSR count). The second kappa shape index (κ2) is 8.25. The summed E-state index contributed by atoms with van der Waals surface area (Å²) in [6, 6.07) is 6.65. The zero-order valence-electron chi connectivity index (χ0n) is 11.7. The normalized spacial score (nSPS) is 14.3. The molecule has 0 saturated heterocycles. The highest BCUT2D eigenvalue weighted by Gasteiger charge is 2.21. The molecule has 0 radical (unpaired) electrons. The van der Waals surface area contributed by atoms with Gasteiger partial charge in [-0.25, -0.2) is 4.39 Å². The highest BCUT2D eigenvalue weighted by Crippen LogP contribution is 2.13. The van der Waals surface area contributed by atoms with Gasteiger partial charge in [-0.1, -0.05) is 12.1 Å². The molecule has 0 spiro atoms. The van der Waals surface area contributed by atoms with E-state index in [0.717, 1.165) is 31.4 Å². The molecule has 0 aromatic heterocycles. The fraction of sp³-hybridized carbons (Fsp3) is 0.600. The largest absolute Gasteiger partial charge is 0.396 e. The van der Waals surface area contributed by atoms with Crippen molar-refractivity contribution in [1.82, 2.24) is 5.32 Å². The first-order chi connectivity index (χ1) is 9.09. The van der Waals surface area contributed by atoms with E-state index in [4.69, 9.17) is 10.8 Å². The Bertz CT molecular complexity index is 373. The van der Waals surface area contributed by atoms with Crippen molar-refractivity contribution in [2.24, 2.45) is 5.73 Å². The van der Waals surface area contributed by atoms with Crippen LogP contribution in [-0.4, -0.2) is 30.3 Å². The van der Waals surface area contributed by atoms with Gasteiger partial charge in [0.05, 0.1) is 0 Å². The average molecular weight is 268 g/mol. The Morgan fingerprint density at radius 1 is 1.32 bits per heavy atom. The maximum absolute atomic E-state index is 13.2. The van der Waals surface area contributed by atoms with Crippen LogP contribution < -0.4 is 11.1 Å². The summed E-state index contributed by atoms with van der Waals surface area (Å²) >= 11 is 0. The van der Waals surface area contributed by atoms with Gasteiger partial charge in [-0.15, -0.1) is 0 Å². The molecule has 0 heterocycles. The number of nitrogens with two attached hydrogens (primary N) is 1. The number of rotatable bonds is 9. The molecule has 0 aliphatic heterocycles. The maximum Gasteiger partial charge on any atom is 0.123 e. The number of nitrogens with one attached hydrogen (secondary N) is 1. The highest BCUT2D eigenvalue weighted by molar-refractivity contribution is 5.19. The van der Waals surface area contributed by atoms with Gasteiger partial charge in [0, 0.05) is 18.7 Å². The van der Waals surface area contributed by atoms with Crippen molar-refractivity contribution < 1.29 is 9.50 Å². The van der Waals surface area contributed by atoms with Crippen LogP contribution in [0, 0.1) is 5.82 Å². The summed E-state index contributed by atoms with van der Waals surface area (Å²) in [5.41, 5.74) is 6.58. The van der Waals surface area contributed by atoms with Gasteiger partial charge in [0.1, 0.15) is 5.82 Å². The average Bonchev–Trinajstić information content (AvgIpc) is 2.38. The minimum atomic E-state index is -0.215. The van der Waals surface area contributed by atoms with Gasteiger partial charge < -0.3 is 16.2 Å². The highest BCUT2D eigenvalue weighted by atomic mass is 19.1. The summed E-state index contributed by atoms with van der Waals surface area (Å²) in [6.07, 6.45) is 3.57. The second-order valence-electron chi connectivity index (χ2n) is 5.28. The fourth-order valence-corrected chi connectivity index (χ4v) is 2.11. The van der Waals surface area contributed by atoms with E-state index in [1.807, 2.05) is 6.07 Å². The van der Waals surface area contributed by atoms with E-state index in [2.05, 4.69) is 12.2 Å². The SMILES string of the molecule is CC(CN)(Cc1cccc(F)c1)NCCCCCO. The lowest BCUT2D eigenvalue weighted by molar-refractivity contribution is 0.280. The fourth-order valence-electron chi connectivity index (χ4n) is 2.11. The summed E-state index contributed by atoms with van der Waals surface area (Å²) in [5, 5.41) is 12.2. The number of aliphatic hydroxyl groups excluding tert-OH is 1. The third-order valence-corrected chi connectivity index (χ3v) is 3.32. The van der Waals surface area contributed by atoms with Gasteiger partial charge in [-0.2, -0.15) is 0 Å². The molecule has 0 fully saturated rings. The van der Waals surface area contributed by atoms with E-state index in [1.54, 1.807) is 12.1 Å². The Morgan fingerprint density at radius 2 is 2.11 bits per heavy atom. The third kappa shape index (κ3) is 6.14. The van der Waals surface area contributed by atoms with E-state index < -0.39 is 0 Å². The van der Waals surface area contributed by atoms with Gasteiger partial charge in [0.15, 0.2) is 0 Å². The summed E-state index contributed by atoms with van der Waals surface area (Å²) < 4.78 is 13.2. The van der Waals surface area contributed by atoms with Crippen molar-refractivity contribution in [3.63, 3.8) is 0 Å². The van der Waals surface area contributed by atoms with Crippen LogP contribution in [0.15, 0.2) is 24.3 Å². The first kappa shape index (κ1) is 16.1. The van der Waals surface area contributed by atoms with Gasteiger partial charge in [-0.3, -0.25) is 0 Å². The molecule has 4 heteroatoms. The maximum atomic E-state index is 13.2. The van der Waals surface area contributed by atoms with Gasteiger partial charge in [0.25, 0.3) is 0 Å². The number of hydrogen-bond donors (Lipinski definition) is 3. The van der Waals surface area contributed by atoms with E-state index >= 15 is 0 Å². The van der Waals surface area contributed by atoms with Crippen molar-refractivity contribution in [3.8, 4) is 0 Å². The Morgan fingerprint density at radius 3 is 2.74 bits per heavy atom. The molecular weight excluding hydrogens is 243 g/mol. The summed E-state index contributed by atoms with van der Waals surface area (Å²) in [7, 11) is 0. The van der Waals surface area contributed by atoms with E-state index in [1.165, 1.54) is 6.07 Å². The van der Waals surface area contributed by atoms with Crippen LogP contribution in [0.1, 0.15) is 31.7 Å². The molecule has 108 valence electrons. The van der Waals surface area contributed by atoms with Crippen LogP contribution in [0.4, 0.5) is 4.39 Å². The minimum absolute atomic E-state index is 0.209. The zero-order valence-corrected chi connectivity index (χ0v) is 11.7. The molecule has 4 N–H and O–H groups in total. The molecule has 0 aliphatic carbocycles. The Labute approximate surface area is 115 Å². The molecule has 0 aliphatic rings. The van der Waals surface area contributed by atoms with Crippen molar-refractivity contribution in [1.29, 1.82) is 0 Å². The molecule has 19 heavy (non-hydrogen) atoms. The lowest BCUT2D eigenvalue weighted by atomic mass is 9.92. The lowest BCUT2D eigenvalue weighted by Crippen LogP contribution is -2.50. The lowest BCUT2D eigenvalue weighted by Gasteiger charge is -2.30. The predicted octanol–water partition coefficient (Wildman–Crippen LogP) is 1.84. The van der Waals surface area contributed by atoms with Crippen molar-refractivity contribution >= 4 is 0 Å². The van der Waals surface area contributed by atoms with Crippen LogP contribution in [0.2, 0.25) is 0 Å². The predicted molar refractivity (Wildman–Crippen MR) is 76.5 cm³/mol. The molecule has 1 atom stereocenters. The summed E-state index contributed by atoms with van der Waals surface area (Å²) in [4.78, 5) is 0. The first-order valence-corrected chi connectivity index (χ1v) is 6.90. The zero-order chi connectivity index (χ0) is 14.1. The molecule has 0 bridgehead atoms. The number of hydrogen-bond acceptors (Lipinski definition) is 3. The molecule has 0 amide bonds. The van der Waals surface area contributed by atoms with Crippen molar-refractivity contribution in [3.05, 3.63) is 35.6 Å². The van der Waals surface area contributed by atoms with Gasteiger partial charge in [-0.05, 0) is 56.8 Å². The van der Waals surface area contributed by atoms with E-state index in [9.17, 15) is 4.39 Å². The van der Waals surface area contributed by atoms with Gasteiger partial charge in [0.2, 0.25) is 0 Å². The Balaban J connectivity index is 2.45. The Hall–Kier alpha value is -0.970. The van der Waals surface area contributed by atoms with Crippen LogP contribution in [0.3, 0.4) is 0 Å². The third-order valence-electron chi connectivity index (χ3n) is 3.32. The number of halogens is 1. The second-order valence-corrected chi connectivity index (χ2v) is 5.28. The molecule has 0 saturated carbocycles. The Kier molecular flexibility index (Phi) is 6.99. The standard InChI is InChI=1S/C15H25FN2O/c1-15(12-17,18-8-3-2-4-9-19)11-13-6-5-7-14(16)10-13/h5-7,10,18-19H,2-4,8-9,11-12,17H2,1H3. The number of aliphatic hydroxyl groups is 1. The number of benzene rings is 1. The quantitative estimate of drug-likeness (QED) is 0.599. The molecule has 1 aromatic rings. The van der Waals surface area contributed by atoms with Crippen LogP contribution in [-0.2, 0) is 6.42 Å². The molecular formula is C15H25FN2O.